The van der Waals surface area contributed by atoms with Crippen molar-refractivity contribution in [1.82, 2.24) is 4.31 Å². The molecule has 110 valence electrons. The second kappa shape index (κ2) is 10.8. The highest BCUT2D eigenvalue weighted by Gasteiger charge is 2.20. The maximum atomic E-state index is 12.2. The summed E-state index contributed by atoms with van der Waals surface area (Å²) < 4.78 is 26.1. The Hall–Kier alpha value is -0.0900. The van der Waals surface area contributed by atoms with Gasteiger partial charge in [0.05, 0.1) is 5.75 Å². The molecule has 0 atom stereocenters. The zero-order valence-electron chi connectivity index (χ0n) is 12.5. The minimum atomic E-state index is -3.01. The van der Waals surface area contributed by atoms with E-state index in [1.165, 1.54) is 0 Å². The van der Waals surface area contributed by atoms with Crippen LogP contribution in [0.25, 0.3) is 0 Å². The molecule has 0 amide bonds. The number of sulfonamides is 1. The first-order valence-electron chi connectivity index (χ1n) is 7.56. The van der Waals surface area contributed by atoms with Gasteiger partial charge in [-0.25, -0.2) is 12.7 Å². The minimum absolute atomic E-state index is 0.321. The van der Waals surface area contributed by atoms with Gasteiger partial charge >= 0.3 is 0 Å². The molecule has 0 radical (unpaired) electrons. The molecule has 0 fully saturated rings. The van der Waals surface area contributed by atoms with Crippen molar-refractivity contribution in [2.75, 3.05) is 18.8 Å². The van der Waals surface area contributed by atoms with E-state index in [-0.39, 0.29) is 0 Å². The van der Waals surface area contributed by atoms with Gasteiger partial charge in [0, 0.05) is 13.1 Å². The van der Waals surface area contributed by atoms with E-state index in [0.717, 1.165) is 51.4 Å². The molecule has 18 heavy (non-hydrogen) atoms. The lowest BCUT2D eigenvalue weighted by Crippen LogP contribution is -2.34. The summed E-state index contributed by atoms with van der Waals surface area (Å²) in [5.41, 5.74) is 0. The summed E-state index contributed by atoms with van der Waals surface area (Å²) in [6.45, 7) is 7.75. The Morgan fingerprint density at radius 3 is 1.56 bits per heavy atom. The van der Waals surface area contributed by atoms with Crippen LogP contribution in [0.5, 0.6) is 0 Å². The van der Waals surface area contributed by atoms with E-state index in [4.69, 9.17) is 0 Å². The highest BCUT2D eigenvalue weighted by Crippen LogP contribution is 2.10. The van der Waals surface area contributed by atoms with Crippen molar-refractivity contribution in [3.05, 3.63) is 0 Å². The first kappa shape index (κ1) is 17.9. The lowest BCUT2D eigenvalue weighted by molar-refractivity contribution is 0.388. The van der Waals surface area contributed by atoms with Crippen molar-refractivity contribution in [1.29, 1.82) is 0 Å². The highest BCUT2D eigenvalue weighted by atomic mass is 32.2. The summed E-state index contributed by atoms with van der Waals surface area (Å²) in [5, 5.41) is 0. The van der Waals surface area contributed by atoms with Crippen LogP contribution in [0.3, 0.4) is 0 Å². The normalized spacial score (nSPS) is 12.2. The van der Waals surface area contributed by atoms with Gasteiger partial charge in [-0.2, -0.15) is 0 Å². The standard InChI is InChI=1S/C14H31NO2S/c1-4-7-10-12-15(13-11-8-5-2)18(16,17)14-9-6-3/h4-14H2,1-3H3. The first-order chi connectivity index (χ1) is 8.58. The molecule has 0 heterocycles. The third-order valence-corrected chi connectivity index (χ3v) is 5.13. The summed E-state index contributed by atoms with van der Waals surface area (Å²) in [4.78, 5) is 0. The smallest absolute Gasteiger partial charge is 0.212 e. The second-order valence-electron chi connectivity index (χ2n) is 4.98. The SMILES string of the molecule is CCCCCN(CCCCC)S(=O)(=O)CCCC. The minimum Gasteiger partial charge on any atom is -0.212 e. The number of rotatable bonds is 12. The van der Waals surface area contributed by atoms with Crippen LogP contribution in [-0.2, 0) is 10.0 Å². The van der Waals surface area contributed by atoms with Crippen molar-refractivity contribution in [2.45, 2.75) is 72.1 Å². The van der Waals surface area contributed by atoms with Crippen LogP contribution >= 0.6 is 0 Å². The molecule has 0 aliphatic rings. The molecule has 0 N–H and O–H groups in total. The highest BCUT2D eigenvalue weighted by molar-refractivity contribution is 7.89. The molecule has 0 aromatic rings. The predicted octanol–water partition coefficient (Wildman–Crippen LogP) is 3.80. The van der Waals surface area contributed by atoms with Gasteiger partial charge in [-0.3, -0.25) is 0 Å². The summed E-state index contributed by atoms with van der Waals surface area (Å²) >= 11 is 0. The molecule has 0 aromatic heterocycles. The predicted molar refractivity (Wildman–Crippen MR) is 79.3 cm³/mol. The summed E-state index contributed by atoms with van der Waals surface area (Å²) in [7, 11) is -3.01. The van der Waals surface area contributed by atoms with E-state index in [0.29, 0.717) is 18.8 Å². The summed E-state index contributed by atoms with van der Waals surface area (Å²) in [6, 6.07) is 0. The van der Waals surface area contributed by atoms with E-state index < -0.39 is 10.0 Å². The van der Waals surface area contributed by atoms with Crippen LogP contribution < -0.4 is 0 Å². The average molecular weight is 277 g/mol. The van der Waals surface area contributed by atoms with Gasteiger partial charge < -0.3 is 0 Å². The van der Waals surface area contributed by atoms with E-state index >= 15 is 0 Å². The molecule has 0 unspecified atom stereocenters. The fourth-order valence-electron chi connectivity index (χ4n) is 1.92. The van der Waals surface area contributed by atoms with Crippen LogP contribution in [0, 0.1) is 0 Å². The van der Waals surface area contributed by atoms with E-state index in [2.05, 4.69) is 13.8 Å². The number of hydrogen-bond acceptors (Lipinski definition) is 2. The zero-order valence-corrected chi connectivity index (χ0v) is 13.3. The summed E-state index contributed by atoms with van der Waals surface area (Å²) in [6.07, 6.45) is 8.22. The quantitative estimate of drug-likeness (QED) is 0.509. The van der Waals surface area contributed by atoms with Crippen molar-refractivity contribution in [3.8, 4) is 0 Å². The van der Waals surface area contributed by atoms with Gasteiger partial charge in [0.15, 0.2) is 0 Å². The Bertz CT molecular complexity index is 266. The van der Waals surface area contributed by atoms with Gasteiger partial charge in [-0.15, -0.1) is 0 Å². The topological polar surface area (TPSA) is 37.4 Å². The van der Waals surface area contributed by atoms with Crippen molar-refractivity contribution in [2.24, 2.45) is 0 Å². The van der Waals surface area contributed by atoms with Crippen LogP contribution in [0.15, 0.2) is 0 Å². The molecule has 3 nitrogen and oxygen atoms in total. The Morgan fingerprint density at radius 1 is 0.722 bits per heavy atom. The Morgan fingerprint density at radius 2 is 1.17 bits per heavy atom. The average Bonchev–Trinajstić information content (AvgIpc) is 2.35. The van der Waals surface area contributed by atoms with Crippen LogP contribution in [0.1, 0.15) is 72.1 Å². The molecular formula is C14H31NO2S. The molecular weight excluding hydrogens is 246 g/mol. The van der Waals surface area contributed by atoms with Crippen molar-refractivity contribution >= 4 is 10.0 Å². The maximum Gasteiger partial charge on any atom is 0.214 e. The Balaban J connectivity index is 4.32. The fourth-order valence-corrected chi connectivity index (χ4v) is 3.65. The number of hydrogen-bond donors (Lipinski definition) is 0. The number of nitrogens with zero attached hydrogens (tertiary/aromatic N) is 1. The molecule has 0 bridgehead atoms. The lowest BCUT2D eigenvalue weighted by atomic mass is 10.2. The lowest BCUT2D eigenvalue weighted by Gasteiger charge is -2.22. The zero-order chi connectivity index (χ0) is 13.9. The molecule has 0 aliphatic heterocycles. The third kappa shape index (κ3) is 8.09. The molecule has 4 heteroatoms. The third-order valence-electron chi connectivity index (χ3n) is 3.17. The van der Waals surface area contributed by atoms with Gasteiger partial charge in [0.1, 0.15) is 0 Å². The maximum absolute atomic E-state index is 12.2. The largest absolute Gasteiger partial charge is 0.214 e. The molecule has 0 spiro atoms. The van der Waals surface area contributed by atoms with Crippen LogP contribution in [0.2, 0.25) is 0 Å². The molecule has 0 saturated carbocycles. The second-order valence-corrected chi connectivity index (χ2v) is 7.07. The molecule has 0 aliphatic carbocycles. The van der Waals surface area contributed by atoms with Crippen molar-refractivity contribution in [3.63, 3.8) is 0 Å². The van der Waals surface area contributed by atoms with Gasteiger partial charge in [-0.1, -0.05) is 52.9 Å². The molecule has 0 rings (SSSR count). The van der Waals surface area contributed by atoms with Crippen molar-refractivity contribution < 1.29 is 8.42 Å². The Kier molecular flexibility index (Phi) is 10.7. The first-order valence-corrected chi connectivity index (χ1v) is 9.17. The van der Waals surface area contributed by atoms with Gasteiger partial charge in [-0.05, 0) is 19.3 Å². The van der Waals surface area contributed by atoms with Gasteiger partial charge in [0.25, 0.3) is 0 Å². The van der Waals surface area contributed by atoms with E-state index in [1.807, 2.05) is 6.92 Å². The van der Waals surface area contributed by atoms with Crippen LogP contribution in [0.4, 0.5) is 0 Å². The Labute approximate surface area is 114 Å². The number of unbranched alkanes of at least 4 members (excludes halogenated alkanes) is 5. The van der Waals surface area contributed by atoms with E-state index in [1.54, 1.807) is 4.31 Å². The molecule has 0 aromatic carbocycles. The van der Waals surface area contributed by atoms with Crippen LogP contribution in [-0.4, -0.2) is 31.6 Å². The summed E-state index contributed by atoms with van der Waals surface area (Å²) in [5.74, 6) is 0.321. The monoisotopic (exact) mass is 277 g/mol. The van der Waals surface area contributed by atoms with E-state index in [9.17, 15) is 8.42 Å². The van der Waals surface area contributed by atoms with Gasteiger partial charge in [0.2, 0.25) is 10.0 Å². The fraction of sp³-hybridized carbons (Fsp3) is 1.00. The molecule has 0 saturated heterocycles.